The van der Waals surface area contributed by atoms with Crippen molar-refractivity contribution in [3.63, 3.8) is 0 Å². The summed E-state index contributed by atoms with van der Waals surface area (Å²) in [6.45, 7) is 11.1. The molecular weight excluding hydrogens is 412 g/mol. The maximum Gasteiger partial charge on any atom is 0.229 e. The van der Waals surface area contributed by atoms with E-state index in [0.717, 1.165) is 67.2 Å². The van der Waals surface area contributed by atoms with Gasteiger partial charge in [0.1, 0.15) is 5.82 Å². The Morgan fingerprint density at radius 2 is 1.58 bits per heavy atom. The SMILES string of the molecule is Cc1ccc(C(C)C(=O)N2CCC(c3nc(C)c(CC(=O)N4CCCCC4)c(C)n3)C2)cc1. The minimum absolute atomic E-state index is 0.142. The van der Waals surface area contributed by atoms with E-state index in [0.29, 0.717) is 13.0 Å². The van der Waals surface area contributed by atoms with Gasteiger partial charge in [-0.25, -0.2) is 9.97 Å². The first-order chi connectivity index (χ1) is 15.8. The van der Waals surface area contributed by atoms with Crippen LogP contribution in [0.3, 0.4) is 0 Å². The molecule has 0 aliphatic carbocycles. The Morgan fingerprint density at radius 3 is 2.21 bits per heavy atom. The van der Waals surface area contributed by atoms with Gasteiger partial charge in [0, 0.05) is 49.0 Å². The molecule has 0 bridgehead atoms. The molecule has 0 saturated carbocycles. The first-order valence-corrected chi connectivity index (χ1v) is 12.3. The minimum atomic E-state index is -0.156. The summed E-state index contributed by atoms with van der Waals surface area (Å²) in [6.07, 6.45) is 4.65. The van der Waals surface area contributed by atoms with Crippen LogP contribution in [0.4, 0.5) is 0 Å². The first kappa shape index (κ1) is 23.4. The van der Waals surface area contributed by atoms with Crippen molar-refractivity contribution in [1.29, 1.82) is 0 Å². The van der Waals surface area contributed by atoms with E-state index in [1.807, 2.05) is 42.7 Å². The molecule has 3 heterocycles. The minimum Gasteiger partial charge on any atom is -0.342 e. The standard InChI is InChI=1S/C27H36N4O2/c1-18-8-10-22(11-9-18)19(2)27(33)31-15-12-23(17-31)26-28-20(3)24(21(4)29-26)16-25(32)30-13-6-5-7-14-30/h8-11,19,23H,5-7,12-17H2,1-4H3. The number of amides is 2. The lowest BCUT2D eigenvalue weighted by atomic mass is 9.98. The van der Waals surface area contributed by atoms with Crippen LogP contribution < -0.4 is 0 Å². The summed E-state index contributed by atoms with van der Waals surface area (Å²) in [6, 6.07) is 8.21. The second-order valence-corrected chi connectivity index (χ2v) is 9.75. The van der Waals surface area contributed by atoms with Crippen molar-refractivity contribution in [2.45, 2.75) is 71.6 Å². The third-order valence-corrected chi connectivity index (χ3v) is 7.29. The second kappa shape index (κ2) is 10.0. The predicted octanol–water partition coefficient (Wildman–Crippen LogP) is 4.08. The van der Waals surface area contributed by atoms with Crippen molar-refractivity contribution in [3.8, 4) is 0 Å². The quantitative estimate of drug-likeness (QED) is 0.691. The molecule has 2 aromatic rings. The van der Waals surface area contributed by atoms with Crippen LogP contribution in [-0.4, -0.2) is 57.8 Å². The number of carbonyl (C=O) groups excluding carboxylic acids is 2. The molecule has 0 N–H and O–H groups in total. The van der Waals surface area contributed by atoms with Crippen LogP contribution in [0.25, 0.3) is 0 Å². The molecular formula is C27H36N4O2. The average molecular weight is 449 g/mol. The lowest BCUT2D eigenvalue weighted by Crippen LogP contribution is -2.37. The van der Waals surface area contributed by atoms with Gasteiger partial charge in [0.15, 0.2) is 0 Å². The van der Waals surface area contributed by atoms with Gasteiger partial charge in [0.25, 0.3) is 0 Å². The molecule has 2 aliphatic rings. The topological polar surface area (TPSA) is 66.4 Å². The van der Waals surface area contributed by atoms with E-state index in [9.17, 15) is 9.59 Å². The van der Waals surface area contributed by atoms with Gasteiger partial charge in [-0.15, -0.1) is 0 Å². The molecule has 176 valence electrons. The molecule has 0 radical (unpaired) electrons. The van der Waals surface area contributed by atoms with Gasteiger partial charge in [-0.05, 0) is 58.9 Å². The summed E-state index contributed by atoms with van der Waals surface area (Å²) in [4.78, 5) is 39.4. The van der Waals surface area contributed by atoms with E-state index in [1.54, 1.807) is 0 Å². The monoisotopic (exact) mass is 448 g/mol. The van der Waals surface area contributed by atoms with E-state index in [-0.39, 0.29) is 23.7 Å². The highest BCUT2D eigenvalue weighted by atomic mass is 16.2. The molecule has 2 amide bonds. The van der Waals surface area contributed by atoms with Crippen molar-refractivity contribution in [3.05, 3.63) is 58.2 Å². The Morgan fingerprint density at radius 1 is 0.939 bits per heavy atom. The van der Waals surface area contributed by atoms with E-state index in [2.05, 4.69) is 19.1 Å². The van der Waals surface area contributed by atoms with Crippen molar-refractivity contribution >= 4 is 11.8 Å². The third kappa shape index (κ3) is 5.26. The lowest BCUT2D eigenvalue weighted by molar-refractivity contribution is -0.132. The maximum absolute atomic E-state index is 13.1. The number of rotatable bonds is 5. The second-order valence-electron chi connectivity index (χ2n) is 9.75. The fourth-order valence-electron chi connectivity index (χ4n) is 5.05. The molecule has 33 heavy (non-hydrogen) atoms. The number of hydrogen-bond donors (Lipinski definition) is 0. The predicted molar refractivity (Wildman–Crippen MR) is 129 cm³/mol. The maximum atomic E-state index is 13.1. The number of likely N-dealkylation sites (tertiary alicyclic amines) is 2. The summed E-state index contributed by atoms with van der Waals surface area (Å²) >= 11 is 0. The number of piperidine rings is 1. The van der Waals surface area contributed by atoms with Crippen LogP contribution in [0, 0.1) is 20.8 Å². The van der Waals surface area contributed by atoms with Crippen LogP contribution in [0.1, 0.15) is 78.3 Å². The van der Waals surface area contributed by atoms with Crippen LogP contribution in [0.5, 0.6) is 0 Å². The fourth-order valence-corrected chi connectivity index (χ4v) is 5.05. The number of aryl methyl sites for hydroxylation is 3. The van der Waals surface area contributed by atoms with Gasteiger partial charge in [0.05, 0.1) is 12.3 Å². The van der Waals surface area contributed by atoms with Crippen molar-refractivity contribution < 1.29 is 9.59 Å². The Balaban J connectivity index is 1.41. The largest absolute Gasteiger partial charge is 0.342 e. The lowest BCUT2D eigenvalue weighted by Gasteiger charge is -2.27. The molecule has 2 atom stereocenters. The number of nitrogens with zero attached hydrogens (tertiary/aromatic N) is 4. The van der Waals surface area contributed by atoms with E-state index < -0.39 is 0 Å². The average Bonchev–Trinajstić information content (AvgIpc) is 3.31. The number of carbonyl (C=O) groups is 2. The zero-order valence-corrected chi connectivity index (χ0v) is 20.4. The highest BCUT2D eigenvalue weighted by Gasteiger charge is 2.32. The van der Waals surface area contributed by atoms with Crippen molar-refractivity contribution in [2.24, 2.45) is 0 Å². The molecule has 2 aliphatic heterocycles. The summed E-state index contributed by atoms with van der Waals surface area (Å²) in [7, 11) is 0. The number of hydrogen-bond acceptors (Lipinski definition) is 4. The van der Waals surface area contributed by atoms with E-state index >= 15 is 0 Å². The summed E-state index contributed by atoms with van der Waals surface area (Å²) in [5.41, 5.74) is 4.98. The van der Waals surface area contributed by atoms with E-state index in [4.69, 9.17) is 9.97 Å². The number of benzene rings is 1. The molecule has 4 rings (SSSR count). The smallest absolute Gasteiger partial charge is 0.229 e. The molecule has 2 saturated heterocycles. The molecule has 6 heteroatoms. The van der Waals surface area contributed by atoms with Crippen molar-refractivity contribution in [2.75, 3.05) is 26.2 Å². The number of aromatic nitrogens is 2. The molecule has 2 unspecified atom stereocenters. The van der Waals surface area contributed by atoms with Crippen molar-refractivity contribution in [1.82, 2.24) is 19.8 Å². The van der Waals surface area contributed by atoms with Gasteiger partial charge in [0.2, 0.25) is 11.8 Å². The van der Waals surface area contributed by atoms with Crippen LogP contribution in [0.2, 0.25) is 0 Å². The van der Waals surface area contributed by atoms with Gasteiger partial charge >= 0.3 is 0 Å². The summed E-state index contributed by atoms with van der Waals surface area (Å²) in [5, 5.41) is 0. The van der Waals surface area contributed by atoms with Gasteiger partial charge in [-0.3, -0.25) is 9.59 Å². The molecule has 0 spiro atoms. The van der Waals surface area contributed by atoms with Crippen LogP contribution in [0.15, 0.2) is 24.3 Å². The van der Waals surface area contributed by atoms with E-state index in [1.165, 1.54) is 12.0 Å². The van der Waals surface area contributed by atoms with Crippen LogP contribution >= 0.6 is 0 Å². The molecule has 2 fully saturated rings. The molecule has 1 aromatic carbocycles. The Kier molecular flexibility index (Phi) is 7.11. The highest BCUT2D eigenvalue weighted by Crippen LogP contribution is 2.29. The Bertz CT molecular complexity index is 988. The first-order valence-electron chi connectivity index (χ1n) is 12.3. The normalized spacial score (nSPS) is 19.6. The summed E-state index contributed by atoms with van der Waals surface area (Å²) in [5.74, 6) is 1.14. The Labute approximate surface area is 197 Å². The highest BCUT2D eigenvalue weighted by molar-refractivity contribution is 5.83. The zero-order valence-electron chi connectivity index (χ0n) is 20.4. The van der Waals surface area contributed by atoms with Crippen LogP contribution in [-0.2, 0) is 16.0 Å². The molecule has 6 nitrogen and oxygen atoms in total. The fraction of sp³-hybridized carbons (Fsp3) is 0.556. The zero-order chi connectivity index (χ0) is 23.5. The Hall–Kier alpha value is -2.76. The summed E-state index contributed by atoms with van der Waals surface area (Å²) < 4.78 is 0. The van der Waals surface area contributed by atoms with Gasteiger partial charge in [-0.1, -0.05) is 29.8 Å². The molecule has 1 aromatic heterocycles. The van der Waals surface area contributed by atoms with Gasteiger partial charge in [-0.2, -0.15) is 0 Å². The van der Waals surface area contributed by atoms with Gasteiger partial charge < -0.3 is 9.80 Å². The third-order valence-electron chi connectivity index (χ3n) is 7.29.